The van der Waals surface area contributed by atoms with Crippen LogP contribution < -0.4 is 5.32 Å². The number of nitrogens with zero attached hydrogens (tertiary/aromatic N) is 1. The van der Waals surface area contributed by atoms with E-state index in [4.69, 9.17) is 0 Å². The maximum atomic E-state index is 12.2. The Morgan fingerprint density at radius 1 is 1.18 bits per heavy atom. The molecule has 22 heavy (non-hydrogen) atoms. The summed E-state index contributed by atoms with van der Waals surface area (Å²) in [6, 6.07) is 0. The summed E-state index contributed by atoms with van der Waals surface area (Å²) in [5, 5.41) is 3.00. The Kier molecular flexibility index (Phi) is 3.32. The van der Waals surface area contributed by atoms with Crippen molar-refractivity contribution in [3.63, 3.8) is 0 Å². The van der Waals surface area contributed by atoms with Crippen LogP contribution in [0.3, 0.4) is 0 Å². The highest BCUT2D eigenvalue weighted by Crippen LogP contribution is 2.38. The molecule has 0 saturated heterocycles. The molecule has 4 rings (SSSR count). The van der Waals surface area contributed by atoms with E-state index in [1.807, 2.05) is 12.2 Å². The number of fused-ring (bicyclic) bond motifs is 2. The molecule has 0 spiro atoms. The number of amides is 2. The third-order valence-corrected chi connectivity index (χ3v) is 5.21. The van der Waals surface area contributed by atoms with Crippen molar-refractivity contribution in [1.29, 1.82) is 0 Å². The van der Waals surface area contributed by atoms with E-state index in [2.05, 4.69) is 16.4 Å². The second-order valence-corrected chi connectivity index (χ2v) is 6.60. The lowest BCUT2D eigenvalue weighted by Crippen LogP contribution is -2.37. The predicted octanol–water partition coefficient (Wildman–Crippen LogP) is 2.82. The molecule has 1 atom stereocenters. The molecule has 1 saturated carbocycles. The maximum Gasteiger partial charge on any atom is 0.251 e. The van der Waals surface area contributed by atoms with Crippen molar-refractivity contribution in [2.24, 2.45) is 16.8 Å². The molecule has 2 amide bonds. The molecule has 1 fully saturated rings. The Hall–Kier alpha value is -1.97. The standard InChI is InChI=1S/C18H20N2O2/c21-17(11-4-3-5-11)19-12-8-9-14-13-6-1-2-7-15(13)18(22)20-16(14)10-12/h8-11,14H,1-7H2,(H,20,22). The molecule has 114 valence electrons. The zero-order valence-corrected chi connectivity index (χ0v) is 12.6. The first-order valence-electron chi connectivity index (χ1n) is 8.28. The molecule has 4 aliphatic rings. The normalized spacial score (nSPS) is 29.5. The fraction of sp³-hybridized carbons (Fsp3) is 0.500. The highest BCUT2D eigenvalue weighted by molar-refractivity contribution is 6.12. The molecule has 0 radical (unpaired) electrons. The smallest absolute Gasteiger partial charge is 0.251 e. The van der Waals surface area contributed by atoms with Gasteiger partial charge in [0.25, 0.3) is 5.91 Å². The SMILES string of the molecule is O=C1NC2=CC(=NC(=O)C3CCC3)C=CC2C2=C1CCCC2. The fourth-order valence-electron chi connectivity index (χ4n) is 3.69. The van der Waals surface area contributed by atoms with E-state index in [1.165, 1.54) is 5.57 Å². The molecule has 1 unspecified atom stereocenters. The van der Waals surface area contributed by atoms with Gasteiger partial charge in [0, 0.05) is 23.1 Å². The number of carbonyl (C=O) groups is 2. The van der Waals surface area contributed by atoms with Crippen LogP contribution in [0.15, 0.2) is 40.1 Å². The number of nitrogens with one attached hydrogen (secondary N) is 1. The van der Waals surface area contributed by atoms with Crippen LogP contribution in [-0.2, 0) is 9.59 Å². The maximum absolute atomic E-state index is 12.2. The molecule has 0 aromatic heterocycles. The van der Waals surface area contributed by atoms with E-state index in [0.29, 0.717) is 5.71 Å². The molecule has 3 aliphatic carbocycles. The molecule has 0 bridgehead atoms. The molecular weight excluding hydrogens is 276 g/mol. The van der Waals surface area contributed by atoms with Crippen LogP contribution >= 0.6 is 0 Å². The zero-order chi connectivity index (χ0) is 15.1. The average Bonchev–Trinajstić information content (AvgIpc) is 2.45. The van der Waals surface area contributed by atoms with Gasteiger partial charge in [0.05, 0.1) is 5.71 Å². The minimum atomic E-state index is -0.0130. The third-order valence-electron chi connectivity index (χ3n) is 5.21. The van der Waals surface area contributed by atoms with Gasteiger partial charge in [-0.15, -0.1) is 0 Å². The summed E-state index contributed by atoms with van der Waals surface area (Å²) < 4.78 is 0. The molecule has 1 N–H and O–H groups in total. The number of hydrogen-bond donors (Lipinski definition) is 1. The van der Waals surface area contributed by atoms with Crippen molar-refractivity contribution in [3.8, 4) is 0 Å². The monoisotopic (exact) mass is 296 g/mol. The summed E-state index contributed by atoms with van der Waals surface area (Å²) in [7, 11) is 0. The Balaban J connectivity index is 1.61. The lowest BCUT2D eigenvalue weighted by Gasteiger charge is -2.33. The van der Waals surface area contributed by atoms with Gasteiger partial charge < -0.3 is 5.32 Å². The van der Waals surface area contributed by atoms with Crippen LogP contribution in [0.2, 0.25) is 0 Å². The van der Waals surface area contributed by atoms with Crippen molar-refractivity contribution < 1.29 is 9.59 Å². The first-order chi connectivity index (χ1) is 10.7. The lowest BCUT2D eigenvalue weighted by atomic mass is 9.77. The molecule has 4 heteroatoms. The van der Waals surface area contributed by atoms with Gasteiger partial charge >= 0.3 is 0 Å². The summed E-state index contributed by atoms with van der Waals surface area (Å²) in [6.45, 7) is 0. The summed E-state index contributed by atoms with van der Waals surface area (Å²) >= 11 is 0. The van der Waals surface area contributed by atoms with Crippen LogP contribution in [0, 0.1) is 11.8 Å². The van der Waals surface area contributed by atoms with Gasteiger partial charge in [-0.1, -0.05) is 12.5 Å². The van der Waals surface area contributed by atoms with Crippen molar-refractivity contribution in [3.05, 3.63) is 35.1 Å². The predicted molar refractivity (Wildman–Crippen MR) is 84.1 cm³/mol. The zero-order valence-electron chi connectivity index (χ0n) is 12.6. The Morgan fingerprint density at radius 3 is 2.77 bits per heavy atom. The first-order valence-corrected chi connectivity index (χ1v) is 8.28. The number of aliphatic imine (C=N–C) groups is 1. The van der Waals surface area contributed by atoms with Gasteiger partial charge in [-0.25, -0.2) is 4.99 Å². The second kappa shape index (κ2) is 5.34. The highest BCUT2D eigenvalue weighted by atomic mass is 16.2. The molecule has 1 heterocycles. The summed E-state index contributed by atoms with van der Waals surface area (Å²) in [4.78, 5) is 28.5. The van der Waals surface area contributed by atoms with E-state index in [0.717, 1.165) is 56.2 Å². The first kappa shape index (κ1) is 13.7. The van der Waals surface area contributed by atoms with Crippen LogP contribution in [0.1, 0.15) is 44.9 Å². The number of hydrogen-bond acceptors (Lipinski definition) is 2. The fourth-order valence-corrected chi connectivity index (χ4v) is 3.69. The number of rotatable bonds is 1. The van der Waals surface area contributed by atoms with Crippen LogP contribution in [0.5, 0.6) is 0 Å². The van der Waals surface area contributed by atoms with Gasteiger partial charge in [-0.3, -0.25) is 9.59 Å². The van der Waals surface area contributed by atoms with Gasteiger partial charge in [0.2, 0.25) is 5.91 Å². The van der Waals surface area contributed by atoms with E-state index in [1.54, 1.807) is 0 Å². The summed E-state index contributed by atoms with van der Waals surface area (Å²) in [6.07, 6.45) is 13.1. The van der Waals surface area contributed by atoms with E-state index < -0.39 is 0 Å². The minimum Gasteiger partial charge on any atom is -0.325 e. The van der Waals surface area contributed by atoms with Crippen molar-refractivity contribution >= 4 is 17.5 Å². The van der Waals surface area contributed by atoms with Crippen LogP contribution in [-0.4, -0.2) is 17.5 Å². The van der Waals surface area contributed by atoms with Crippen molar-refractivity contribution in [2.45, 2.75) is 44.9 Å². The molecule has 4 nitrogen and oxygen atoms in total. The van der Waals surface area contributed by atoms with E-state index >= 15 is 0 Å². The quantitative estimate of drug-likeness (QED) is 0.809. The molecule has 0 aromatic carbocycles. The topological polar surface area (TPSA) is 58.5 Å². The summed E-state index contributed by atoms with van der Waals surface area (Å²) in [5.41, 5.74) is 3.79. The van der Waals surface area contributed by atoms with Crippen molar-refractivity contribution in [1.82, 2.24) is 5.32 Å². The largest absolute Gasteiger partial charge is 0.325 e. The van der Waals surface area contributed by atoms with E-state index in [-0.39, 0.29) is 23.7 Å². The Labute approximate surface area is 130 Å². The summed E-state index contributed by atoms with van der Waals surface area (Å²) in [5.74, 6) is 0.314. The van der Waals surface area contributed by atoms with Crippen LogP contribution in [0.4, 0.5) is 0 Å². The van der Waals surface area contributed by atoms with Gasteiger partial charge in [0.15, 0.2) is 0 Å². The van der Waals surface area contributed by atoms with Gasteiger partial charge in [-0.2, -0.15) is 0 Å². The average molecular weight is 296 g/mol. The van der Waals surface area contributed by atoms with Crippen LogP contribution in [0.25, 0.3) is 0 Å². The van der Waals surface area contributed by atoms with Crippen molar-refractivity contribution in [2.75, 3.05) is 0 Å². The third kappa shape index (κ3) is 2.27. The molecule has 0 aromatic rings. The Morgan fingerprint density at radius 2 is 2.00 bits per heavy atom. The second-order valence-electron chi connectivity index (χ2n) is 6.60. The highest BCUT2D eigenvalue weighted by Gasteiger charge is 2.33. The Bertz CT molecular complexity index is 663. The van der Waals surface area contributed by atoms with E-state index in [9.17, 15) is 9.59 Å². The number of carbonyl (C=O) groups excluding carboxylic acids is 2. The van der Waals surface area contributed by atoms with Gasteiger partial charge in [0.1, 0.15) is 0 Å². The number of allylic oxidation sites excluding steroid dienone is 3. The van der Waals surface area contributed by atoms with Gasteiger partial charge in [-0.05, 0) is 56.3 Å². The lowest BCUT2D eigenvalue weighted by molar-refractivity contribution is -0.123. The molecule has 1 aliphatic heterocycles. The minimum absolute atomic E-state index is 0.0130. The molecular formula is C18H20N2O2.